The van der Waals surface area contributed by atoms with Crippen molar-refractivity contribution in [2.75, 3.05) is 0 Å². The van der Waals surface area contributed by atoms with Gasteiger partial charge in [0.05, 0.1) is 0 Å². The Bertz CT molecular complexity index is 122. The van der Waals surface area contributed by atoms with E-state index in [1.54, 1.807) is 0 Å². The summed E-state index contributed by atoms with van der Waals surface area (Å²) < 4.78 is 0. The molecule has 15 heavy (non-hydrogen) atoms. The molecule has 0 heteroatoms. The van der Waals surface area contributed by atoms with Crippen LogP contribution in [0, 0.1) is 17.8 Å². The third kappa shape index (κ3) is 6.22. The van der Waals surface area contributed by atoms with E-state index in [0.29, 0.717) is 0 Å². The molecule has 0 aromatic carbocycles. The van der Waals surface area contributed by atoms with E-state index in [2.05, 4.69) is 34.6 Å². The van der Waals surface area contributed by atoms with Crippen LogP contribution < -0.4 is 0 Å². The lowest BCUT2D eigenvalue weighted by molar-refractivity contribution is 0.220. The first-order valence-electron chi connectivity index (χ1n) is 7.17. The Balaban J connectivity index is 4.02. The summed E-state index contributed by atoms with van der Waals surface area (Å²) in [6.07, 6.45) is 9.78. The second-order valence-electron chi connectivity index (χ2n) is 5.32. The van der Waals surface area contributed by atoms with Crippen molar-refractivity contribution < 1.29 is 0 Å². The van der Waals surface area contributed by atoms with Gasteiger partial charge in [-0.25, -0.2) is 0 Å². The number of unbranched alkanes of at least 4 members (excludes halogenated alkanes) is 1. The first kappa shape index (κ1) is 15.0. The van der Waals surface area contributed by atoms with E-state index in [1.165, 1.54) is 44.9 Å². The standard InChI is InChI=1S/C15H32/c1-6-9-12-13(4)14(5)15(10-7-2)11-8-3/h13-15H,6-12H2,1-5H3. The molecule has 0 saturated carbocycles. The summed E-state index contributed by atoms with van der Waals surface area (Å²) in [5.74, 6) is 2.83. The van der Waals surface area contributed by atoms with E-state index in [-0.39, 0.29) is 0 Å². The zero-order valence-electron chi connectivity index (χ0n) is 11.7. The molecule has 0 amide bonds. The second-order valence-corrected chi connectivity index (χ2v) is 5.32. The molecule has 2 unspecified atom stereocenters. The van der Waals surface area contributed by atoms with Crippen LogP contribution in [0.25, 0.3) is 0 Å². The summed E-state index contributed by atoms with van der Waals surface area (Å²) in [5, 5.41) is 0. The van der Waals surface area contributed by atoms with E-state index in [1.807, 2.05) is 0 Å². The van der Waals surface area contributed by atoms with Crippen LogP contribution in [0.1, 0.15) is 79.6 Å². The SMILES string of the molecule is CCCCC(C)C(C)C(CCC)CCC. The summed E-state index contributed by atoms with van der Waals surface area (Å²) >= 11 is 0. The fourth-order valence-electron chi connectivity index (χ4n) is 2.67. The van der Waals surface area contributed by atoms with Gasteiger partial charge in [-0.1, -0.05) is 79.6 Å². The van der Waals surface area contributed by atoms with E-state index >= 15 is 0 Å². The van der Waals surface area contributed by atoms with E-state index in [9.17, 15) is 0 Å². The van der Waals surface area contributed by atoms with Crippen LogP contribution in [0.5, 0.6) is 0 Å². The van der Waals surface area contributed by atoms with Gasteiger partial charge < -0.3 is 0 Å². The number of rotatable bonds is 9. The molecule has 0 bridgehead atoms. The van der Waals surface area contributed by atoms with Crippen molar-refractivity contribution in [3.05, 3.63) is 0 Å². The Kier molecular flexibility index (Phi) is 9.24. The van der Waals surface area contributed by atoms with Gasteiger partial charge in [-0.15, -0.1) is 0 Å². The van der Waals surface area contributed by atoms with Crippen LogP contribution in [0.15, 0.2) is 0 Å². The first-order valence-corrected chi connectivity index (χ1v) is 7.17. The molecule has 0 saturated heterocycles. The van der Waals surface area contributed by atoms with Gasteiger partial charge in [0, 0.05) is 0 Å². The highest BCUT2D eigenvalue weighted by Gasteiger charge is 2.20. The van der Waals surface area contributed by atoms with Crippen LogP contribution in [0.4, 0.5) is 0 Å². The Morgan fingerprint density at radius 3 is 1.67 bits per heavy atom. The average Bonchev–Trinajstić information content (AvgIpc) is 2.24. The smallest absolute Gasteiger partial charge is 0.0386 e. The van der Waals surface area contributed by atoms with Crippen molar-refractivity contribution in [3.8, 4) is 0 Å². The maximum atomic E-state index is 2.48. The fraction of sp³-hybridized carbons (Fsp3) is 1.00. The highest BCUT2D eigenvalue weighted by molar-refractivity contribution is 4.71. The van der Waals surface area contributed by atoms with Gasteiger partial charge >= 0.3 is 0 Å². The van der Waals surface area contributed by atoms with Crippen molar-refractivity contribution in [3.63, 3.8) is 0 Å². The molecule has 2 atom stereocenters. The van der Waals surface area contributed by atoms with Crippen LogP contribution in [0.3, 0.4) is 0 Å². The maximum Gasteiger partial charge on any atom is -0.0386 e. The van der Waals surface area contributed by atoms with E-state index in [0.717, 1.165) is 17.8 Å². The van der Waals surface area contributed by atoms with Gasteiger partial charge in [-0.2, -0.15) is 0 Å². The van der Waals surface area contributed by atoms with Crippen LogP contribution in [-0.2, 0) is 0 Å². The lowest BCUT2D eigenvalue weighted by Crippen LogP contribution is -2.19. The highest BCUT2D eigenvalue weighted by Crippen LogP contribution is 2.31. The second kappa shape index (κ2) is 9.24. The van der Waals surface area contributed by atoms with Crippen molar-refractivity contribution in [1.29, 1.82) is 0 Å². The Morgan fingerprint density at radius 2 is 1.27 bits per heavy atom. The van der Waals surface area contributed by atoms with Gasteiger partial charge in [0.15, 0.2) is 0 Å². The normalized spacial score (nSPS) is 15.6. The molecule has 0 aliphatic rings. The van der Waals surface area contributed by atoms with E-state index < -0.39 is 0 Å². The third-order valence-corrected chi connectivity index (χ3v) is 3.97. The summed E-state index contributed by atoms with van der Waals surface area (Å²) in [7, 11) is 0. The van der Waals surface area contributed by atoms with Gasteiger partial charge in [0.1, 0.15) is 0 Å². The molecule has 92 valence electrons. The predicted octanol–water partition coefficient (Wildman–Crippen LogP) is 5.67. The maximum absolute atomic E-state index is 2.48. The summed E-state index contributed by atoms with van der Waals surface area (Å²) in [4.78, 5) is 0. The van der Waals surface area contributed by atoms with E-state index in [4.69, 9.17) is 0 Å². The van der Waals surface area contributed by atoms with Crippen LogP contribution in [-0.4, -0.2) is 0 Å². The fourth-order valence-corrected chi connectivity index (χ4v) is 2.67. The first-order chi connectivity index (χ1) is 7.17. The van der Waals surface area contributed by atoms with Crippen LogP contribution in [0.2, 0.25) is 0 Å². The molecule has 0 aliphatic carbocycles. The molecule has 0 heterocycles. The summed E-state index contributed by atoms with van der Waals surface area (Å²) in [6, 6.07) is 0. The molecule has 0 aromatic rings. The molecule has 0 aromatic heterocycles. The quantitative estimate of drug-likeness (QED) is 0.462. The molecule has 0 radical (unpaired) electrons. The van der Waals surface area contributed by atoms with Crippen LogP contribution >= 0.6 is 0 Å². The van der Waals surface area contributed by atoms with Crippen molar-refractivity contribution in [1.82, 2.24) is 0 Å². The minimum Gasteiger partial charge on any atom is -0.0654 e. The lowest BCUT2D eigenvalue weighted by atomic mass is 9.77. The molecule has 0 N–H and O–H groups in total. The molecule has 0 fully saturated rings. The Labute approximate surface area is 97.8 Å². The third-order valence-electron chi connectivity index (χ3n) is 3.97. The topological polar surface area (TPSA) is 0 Å². The molecule has 0 spiro atoms. The van der Waals surface area contributed by atoms with Crippen molar-refractivity contribution >= 4 is 0 Å². The molecule has 0 rings (SSSR count). The average molecular weight is 212 g/mol. The molecular weight excluding hydrogens is 180 g/mol. The zero-order valence-corrected chi connectivity index (χ0v) is 11.7. The Hall–Kier alpha value is 0. The Morgan fingerprint density at radius 1 is 0.733 bits per heavy atom. The van der Waals surface area contributed by atoms with Gasteiger partial charge in [0.2, 0.25) is 0 Å². The largest absolute Gasteiger partial charge is 0.0654 e. The number of hydrogen-bond donors (Lipinski definition) is 0. The number of hydrogen-bond acceptors (Lipinski definition) is 0. The van der Waals surface area contributed by atoms with Crippen molar-refractivity contribution in [2.45, 2.75) is 79.6 Å². The van der Waals surface area contributed by atoms with Crippen molar-refractivity contribution in [2.24, 2.45) is 17.8 Å². The minimum absolute atomic E-state index is 0.924. The summed E-state index contributed by atoms with van der Waals surface area (Å²) in [6.45, 7) is 11.9. The summed E-state index contributed by atoms with van der Waals surface area (Å²) in [5.41, 5.74) is 0. The lowest BCUT2D eigenvalue weighted by Gasteiger charge is -2.28. The molecule has 0 aliphatic heterocycles. The zero-order chi connectivity index (χ0) is 11.7. The highest BCUT2D eigenvalue weighted by atomic mass is 14.3. The monoisotopic (exact) mass is 212 g/mol. The predicted molar refractivity (Wildman–Crippen MR) is 71.2 cm³/mol. The molecular formula is C15H32. The van der Waals surface area contributed by atoms with Gasteiger partial charge in [-0.3, -0.25) is 0 Å². The molecule has 0 nitrogen and oxygen atoms in total. The minimum atomic E-state index is 0.924. The van der Waals surface area contributed by atoms with Gasteiger partial charge in [-0.05, 0) is 17.8 Å². The van der Waals surface area contributed by atoms with Gasteiger partial charge in [0.25, 0.3) is 0 Å².